The second-order valence-electron chi connectivity index (χ2n) is 10.2. The molecule has 15 heteroatoms. The minimum Gasteiger partial charge on any atom is -0.455 e. The van der Waals surface area contributed by atoms with E-state index in [0.717, 1.165) is 0 Å². The predicted molar refractivity (Wildman–Crippen MR) is 122 cm³/mol. The topological polar surface area (TPSA) is 215 Å². The number of hydrogen-bond donors (Lipinski definition) is 3. The van der Waals surface area contributed by atoms with Crippen LogP contribution in [0.4, 0.5) is 0 Å². The van der Waals surface area contributed by atoms with Crippen molar-refractivity contribution in [1.29, 1.82) is 0 Å². The lowest BCUT2D eigenvalue weighted by Crippen LogP contribution is -2.35. The molecule has 1 aromatic rings. The van der Waals surface area contributed by atoms with E-state index in [4.69, 9.17) is 14.2 Å². The maximum absolute atomic E-state index is 12.6. The third-order valence-corrected chi connectivity index (χ3v) is 3.35. The molecule has 198 valence electrons. The Hall–Kier alpha value is -4.17. The Balaban J connectivity index is 3.81. The average Bonchev–Trinajstić information content (AvgIpc) is 2.65. The monoisotopic (exact) mass is 510 g/mol. The van der Waals surface area contributed by atoms with E-state index in [1.807, 2.05) is 0 Å². The molecule has 0 bridgehead atoms. The third kappa shape index (κ3) is 8.88. The number of carbonyl (C=O) groups is 3. The molecule has 3 N–H and O–H groups in total. The van der Waals surface area contributed by atoms with E-state index < -0.39 is 69.3 Å². The van der Waals surface area contributed by atoms with Gasteiger partial charge in [-0.2, -0.15) is 0 Å². The van der Waals surface area contributed by atoms with Crippen molar-refractivity contribution in [2.75, 3.05) is 0 Å². The van der Waals surface area contributed by atoms with Gasteiger partial charge in [0.1, 0.15) is 16.8 Å². The lowest BCUT2D eigenvalue weighted by molar-refractivity contribution is -0.147. The number of ether oxygens (including phenoxy) is 3. The van der Waals surface area contributed by atoms with Gasteiger partial charge in [-0.1, -0.05) is 15.5 Å². The maximum atomic E-state index is 12.6. The van der Waals surface area contributed by atoms with Gasteiger partial charge in [-0.15, -0.1) is 0 Å². The van der Waals surface area contributed by atoms with E-state index in [2.05, 4.69) is 30.4 Å². The highest BCUT2D eigenvalue weighted by Gasteiger charge is 2.33. The lowest BCUT2D eigenvalue weighted by atomic mass is 10.2. The Morgan fingerprint density at radius 1 is 0.528 bits per heavy atom. The fourth-order valence-electron chi connectivity index (χ4n) is 2.20. The van der Waals surface area contributed by atoms with Crippen LogP contribution in [0.2, 0.25) is 0 Å². The van der Waals surface area contributed by atoms with Crippen LogP contribution in [0.5, 0.6) is 0 Å². The molecular formula is C21H30N6O9. The summed E-state index contributed by atoms with van der Waals surface area (Å²) in [5, 5.41) is 37.0. The van der Waals surface area contributed by atoms with E-state index in [0.29, 0.717) is 0 Å². The number of nitrogens with zero attached hydrogens (tertiary/aromatic N) is 6. The van der Waals surface area contributed by atoms with Gasteiger partial charge in [0.15, 0.2) is 17.5 Å². The zero-order chi connectivity index (χ0) is 28.1. The van der Waals surface area contributed by atoms with E-state index >= 15 is 0 Å². The van der Waals surface area contributed by atoms with Gasteiger partial charge < -0.3 is 29.8 Å². The van der Waals surface area contributed by atoms with Crippen LogP contribution >= 0.6 is 0 Å². The van der Waals surface area contributed by atoms with Crippen LogP contribution in [0.25, 0.3) is 0 Å². The molecule has 0 saturated heterocycles. The molecule has 0 atom stereocenters. The summed E-state index contributed by atoms with van der Waals surface area (Å²) in [6, 6.07) is 0. The first-order valence-electron chi connectivity index (χ1n) is 10.4. The zero-order valence-corrected chi connectivity index (χ0v) is 21.5. The van der Waals surface area contributed by atoms with Crippen molar-refractivity contribution in [2.24, 2.45) is 15.5 Å². The van der Waals surface area contributed by atoms with E-state index in [1.54, 1.807) is 62.3 Å². The van der Waals surface area contributed by atoms with E-state index in [9.17, 15) is 30.0 Å². The standard InChI is InChI=1S/C21H30N6O9/c1-19(2,3)34-16(28)10(25-31)13-22-14(11(26-32)17(29)35-20(4,5)6)24-15(23-13)12(27-33)18(30)36-21(7,8)9/h31-33H,1-9H3. The Kier molecular flexibility index (Phi) is 9.16. The van der Waals surface area contributed by atoms with Gasteiger partial charge in [0.25, 0.3) is 0 Å². The van der Waals surface area contributed by atoms with Gasteiger partial charge in [0, 0.05) is 0 Å². The Morgan fingerprint density at radius 3 is 0.861 bits per heavy atom. The highest BCUT2D eigenvalue weighted by atomic mass is 16.6. The van der Waals surface area contributed by atoms with E-state index in [1.165, 1.54) is 0 Å². The number of carbonyl (C=O) groups excluding carboxylic acids is 3. The molecule has 0 aliphatic rings. The minimum absolute atomic E-state index is 0.721. The summed E-state index contributed by atoms with van der Waals surface area (Å²) in [4.78, 5) is 49.2. The molecule has 1 aromatic heterocycles. The number of oxime groups is 3. The molecular weight excluding hydrogens is 480 g/mol. The first kappa shape index (κ1) is 29.9. The van der Waals surface area contributed by atoms with Crippen LogP contribution in [0.15, 0.2) is 15.5 Å². The SMILES string of the molecule is CC(C)(C)OC(=O)C(=NO)c1nc(C(=NO)C(=O)OC(C)(C)C)nc(C(=NO)C(=O)OC(C)(C)C)n1. The second-order valence-corrected chi connectivity index (χ2v) is 10.2. The van der Waals surface area contributed by atoms with Crippen molar-refractivity contribution in [2.45, 2.75) is 79.1 Å². The predicted octanol–water partition coefficient (Wildman–Crippen LogP) is 1.43. The Bertz CT molecular complexity index is 956. The van der Waals surface area contributed by atoms with Crippen LogP contribution < -0.4 is 0 Å². The summed E-state index contributed by atoms with van der Waals surface area (Å²) in [6.07, 6.45) is 0. The molecule has 0 aromatic carbocycles. The molecule has 36 heavy (non-hydrogen) atoms. The summed E-state index contributed by atoms with van der Waals surface area (Å²) >= 11 is 0. The largest absolute Gasteiger partial charge is 0.455 e. The fourth-order valence-corrected chi connectivity index (χ4v) is 2.20. The number of hydrogen-bond acceptors (Lipinski definition) is 15. The molecule has 0 spiro atoms. The minimum atomic E-state index is -1.19. The molecule has 0 unspecified atom stereocenters. The molecule has 0 amide bonds. The van der Waals surface area contributed by atoms with Crippen molar-refractivity contribution in [3.63, 3.8) is 0 Å². The second kappa shape index (κ2) is 11.0. The van der Waals surface area contributed by atoms with Crippen molar-refractivity contribution in [3.05, 3.63) is 17.5 Å². The molecule has 0 aliphatic heterocycles. The average molecular weight is 511 g/mol. The van der Waals surface area contributed by atoms with Gasteiger partial charge in [0.2, 0.25) is 17.1 Å². The summed E-state index contributed by atoms with van der Waals surface area (Å²) in [5.74, 6) is -5.73. The number of aromatic nitrogens is 3. The molecule has 0 saturated carbocycles. The zero-order valence-electron chi connectivity index (χ0n) is 21.5. The van der Waals surface area contributed by atoms with Gasteiger partial charge >= 0.3 is 17.9 Å². The maximum Gasteiger partial charge on any atom is 0.364 e. The first-order valence-corrected chi connectivity index (χ1v) is 10.4. The smallest absolute Gasteiger partial charge is 0.364 e. The summed E-state index contributed by atoms with van der Waals surface area (Å²) in [5.41, 5.74) is -5.65. The van der Waals surface area contributed by atoms with Gasteiger partial charge in [0.05, 0.1) is 0 Å². The normalized spacial score (nSPS) is 13.8. The number of rotatable bonds is 6. The molecule has 1 heterocycles. The molecule has 0 aliphatic carbocycles. The number of esters is 3. The van der Waals surface area contributed by atoms with Crippen molar-refractivity contribution in [3.8, 4) is 0 Å². The first-order chi connectivity index (χ1) is 16.3. The van der Waals surface area contributed by atoms with Crippen LogP contribution in [-0.4, -0.2) is 82.4 Å². The van der Waals surface area contributed by atoms with Crippen LogP contribution in [0.3, 0.4) is 0 Å². The lowest BCUT2D eigenvalue weighted by Gasteiger charge is -2.20. The third-order valence-electron chi connectivity index (χ3n) is 3.35. The van der Waals surface area contributed by atoms with Gasteiger partial charge in [-0.05, 0) is 62.3 Å². The molecule has 0 fully saturated rings. The molecule has 0 radical (unpaired) electrons. The van der Waals surface area contributed by atoms with Gasteiger partial charge in [-0.3, -0.25) is 0 Å². The van der Waals surface area contributed by atoms with Crippen molar-refractivity contribution in [1.82, 2.24) is 15.0 Å². The Morgan fingerprint density at radius 2 is 0.722 bits per heavy atom. The summed E-state index contributed by atoms with van der Waals surface area (Å²) < 4.78 is 15.5. The van der Waals surface area contributed by atoms with Gasteiger partial charge in [-0.25, -0.2) is 29.3 Å². The fraction of sp³-hybridized carbons (Fsp3) is 0.571. The summed E-state index contributed by atoms with van der Waals surface area (Å²) in [6.45, 7) is 13.9. The highest BCUT2D eigenvalue weighted by Crippen LogP contribution is 2.14. The summed E-state index contributed by atoms with van der Waals surface area (Å²) in [7, 11) is 0. The van der Waals surface area contributed by atoms with E-state index in [-0.39, 0.29) is 0 Å². The van der Waals surface area contributed by atoms with Crippen molar-refractivity contribution >= 4 is 35.0 Å². The van der Waals surface area contributed by atoms with Crippen LogP contribution in [-0.2, 0) is 28.6 Å². The van der Waals surface area contributed by atoms with Crippen LogP contribution in [0.1, 0.15) is 79.8 Å². The molecule has 1 rings (SSSR count). The Labute approximate surface area is 206 Å². The molecule has 15 nitrogen and oxygen atoms in total. The quantitative estimate of drug-likeness (QED) is 0.163. The van der Waals surface area contributed by atoms with Crippen LogP contribution in [0, 0.1) is 0 Å². The highest BCUT2D eigenvalue weighted by molar-refractivity contribution is 6.45. The van der Waals surface area contributed by atoms with Crippen molar-refractivity contribution < 1.29 is 44.2 Å².